The van der Waals surface area contributed by atoms with Crippen LogP contribution in [0.15, 0.2) is 11.6 Å². The minimum absolute atomic E-state index is 0.000315. The Bertz CT molecular complexity index is 1210. The van der Waals surface area contributed by atoms with Crippen LogP contribution in [0.25, 0.3) is 0 Å². The zero-order chi connectivity index (χ0) is 30.2. The van der Waals surface area contributed by atoms with E-state index in [4.69, 9.17) is 14.2 Å². The predicted octanol–water partition coefficient (Wildman–Crippen LogP) is 0.985. The number of ether oxygens (including phenoxy) is 3. The number of aliphatic hydroxyl groups is 4. The number of carbonyl (C=O) groups is 1. The molecule has 2 heterocycles. The standard InChI is InChI=1S/C30H47NO10S/c1-28-9-6-18(31-42(37,38)15-22-24(33)25(34)26(35)27(39-3)41-22)13-17(28)4-5-21-20(28)7-10-29(2)19(8-11-30(21,29)36)16-12-23(32)40-14-16/h12,17-22,24-27,31,33-36H,4-11,13-15H2,1-3H3/t17-,18+,19-,20-,21-,22-,24+,25-,26+,27-,28+,29-,30+/m1/s1. The van der Waals surface area contributed by atoms with Gasteiger partial charge in [-0.3, -0.25) is 0 Å². The molecule has 0 aromatic rings. The first-order valence-electron chi connectivity index (χ1n) is 15.5. The highest BCUT2D eigenvalue weighted by atomic mass is 32.2. The van der Waals surface area contributed by atoms with Crippen molar-refractivity contribution in [2.75, 3.05) is 19.5 Å². The van der Waals surface area contributed by atoms with Crippen LogP contribution in [-0.4, -0.2) is 96.6 Å². The number of cyclic esters (lactones) is 1. The second-order valence-electron chi connectivity index (χ2n) is 14.4. The maximum absolute atomic E-state index is 13.2. The Hall–Kier alpha value is -1.12. The lowest BCUT2D eigenvalue weighted by atomic mass is 9.43. The minimum atomic E-state index is -3.88. The van der Waals surface area contributed by atoms with Crippen molar-refractivity contribution < 1.29 is 47.8 Å². The molecular weight excluding hydrogens is 566 g/mol. The molecule has 12 heteroatoms. The van der Waals surface area contributed by atoms with Crippen molar-refractivity contribution in [3.05, 3.63) is 11.6 Å². The fraction of sp³-hybridized carbons (Fsp3) is 0.900. The molecule has 0 aromatic carbocycles. The van der Waals surface area contributed by atoms with E-state index in [1.54, 1.807) is 6.08 Å². The molecule has 5 N–H and O–H groups in total. The van der Waals surface area contributed by atoms with Crippen LogP contribution in [0.1, 0.15) is 71.6 Å². The van der Waals surface area contributed by atoms with Gasteiger partial charge < -0.3 is 34.6 Å². The van der Waals surface area contributed by atoms with Crippen LogP contribution in [0, 0.1) is 34.5 Å². The average molecular weight is 614 g/mol. The number of rotatable bonds is 6. The lowest BCUT2D eigenvalue weighted by molar-refractivity contribution is -0.285. The predicted molar refractivity (Wildman–Crippen MR) is 150 cm³/mol. The molecule has 2 aliphatic heterocycles. The molecule has 1 saturated heterocycles. The van der Waals surface area contributed by atoms with Crippen LogP contribution >= 0.6 is 0 Å². The number of fused-ring (bicyclic) bond motifs is 5. The van der Waals surface area contributed by atoms with Crippen molar-refractivity contribution >= 4 is 16.0 Å². The van der Waals surface area contributed by atoms with E-state index in [1.165, 1.54) is 7.11 Å². The first kappa shape index (κ1) is 30.9. The molecule has 0 spiro atoms. The Morgan fingerprint density at radius 2 is 1.76 bits per heavy atom. The molecular formula is C30H47NO10S. The molecule has 238 valence electrons. The van der Waals surface area contributed by atoms with Crippen LogP contribution in [0.2, 0.25) is 0 Å². The van der Waals surface area contributed by atoms with Gasteiger partial charge in [-0.25, -0.2) is 17.9 Å². The van der Waals surface area contributed by atoms with Gasteiger partial charge in [-0.2, -0.15) is 0 Å². The Morgan fingerprint density at radius 1 is 1.00 bits per heavy atom. The molecule has 0 radical (unpaired) electrons. The Kier molecular flexibility index (Phi) is 7.91. The minimum Gasteiger partial charge on any atom is -0.458 e. The maximum atomic E-state index is 13.2. The molecule has 42 heavy (non-hydrogen) atoms. The fourth-order valence-electron chi connectivity index (χ4n) is 10.3. The van der Waals surface area contributed by atoms with Crippen molar-refractivity contribution in [3.63, 3.8) is 0 Å². The number of aliphatic hydroxyl groups excluding tert-OH is 3. The smallest absolute Gasteiger partial charge is 0.331 e. The van der Waals surface area contributed by atoms with Gasteiger partial charge in [-0.1, -0.05) is 13.8 Å². The summed E-state index contributed by atoms with van der Waals surface area (Å²) in [5.74, 6) is 0.165. The van der Waals surface area contributed by atoms with E-state index in [1.807, 2.05) is 0 Å². The van der Waals surface area contributed by atoms with E-state index in [0.717, 1.165) is 50.5 Å². The van der Waals surface area contributed by atoms with Gasteiger partial charge in [0.25, 0.3) is 0 Å². The molecule has 0 unspecified atom stereocenters. The van der Waals surface area contributed by atoms with Gasteiger partial charge in [0, 0.05) is 24.6 Å². The monoisotopic (exact) mass is 613 g/mol. The largest absolute Gasteiger partial charge is 0.458 e. The second-order valence-corrected chi connectivity index (χ2v) is 16.2. The summed E-state index contributed by atoms with van der Waals surface area (Å²) in [4.78, 5) is 11.8. The van der Waals surface area contributed by atoms with E-state index < -0.39 is 52.1 Å². The van der Waals surface area contributed by atoms with Crippen LogP contribution in [0.4, 0.5) is 0 Å². The molecule has 6 rings (SSSR count). The molecule has 0 bridgehead atoms. The van der Waals surface area contributed by atoms with Crippen LogP contribution < -0.4 is 4.72 Å². The Labute approximate surface area is 248 Å². The molecule has 0 amide bonds. The molecule has 5 fully saturated rings. The normalized spacial score (nSPS) is 50.8. The van der Waals surface area contributed by atoms with Crippen LogP contribution in [0.3, 0.4) is 0 Å². The van der Waals surface area contributed by atoms with Gasteiger partial charge in [-0.15, -0.1) is 0 Å². The first-order valence-corrected chi connectivity index (χ1v) is 17.2. The van der Waals surface area contributed by atoms with Crippen molar-refractivity contribution in [1.29, 1.82) is 0 Å². The Balaban J connectivity index is 1.12. The quantitative estimate of drug-likeness (QED) is 0.272. The third-order valence-corrected chi connectivity index (χ3v) is 14.1. The second kappa shape index (κ2) is 10.8. The summed E-state index contributed by atoms with van der Waals surface area (Å²) in [7, 11) is -2.60. The van der Waals surface area contributed by atoms with Crippen molar-refractivity contribution in [1.82, 2.24) is 4.72 Å². The van der Waals surface area contributed by atoms with E-state index in [0.29, 0.717) is 31.3 Å². The topological polar surface area (TPSA) is 172 Å². The summed E-state index contributed by atoms with van der Waals surface area (Å²) in [6, 6.07) is -0.251. The lowest BCUT2D eigenvalue weighted by Crippen LogP contribution is -2.63. The molecule has 4 aliphatic carbocycles. The highest BCUT2D eigenvalue weighted by molar-refractivity contribution is 7.89. The number of esters is 1. The number of sulfonamides is 1. The van der Waals surface area contributed by atoms with Crippen molar-refractivity contribution in [3.8, 4) is 0 Å². The highest BCUT2D eigenvalue weighted by Gasteiger charge is 2.67. The maximum Gasteiger partial charge on any atom is 0.331 e. The average Bonchev–Trinajstić information content (AvgIpc) is 3.48. The third-order valence-electron chi connectivity index (χ3n) is 12.6. The van der Waals surface area contributed by atoms with Crippen LogP contribution in [0.5, 0.6) is 0 Å². The molecule has 13 atom stereocenters. The summed E-state index contributed by atoms with van der Waals surface area (Å²) in [6.07, 6.45) is 2.10. The number of methoxy groups -OCH3 is 1. The van der Waals surface area contributed by atoms with E-state index in [-0.39, 0.29) is 34.7 Å². The van der Waals surface area contributed by atoms with E-state index in [2.05, 4.69) is 18.6 Å². The van der Waals surface area contributed by atoms with Crippen molar-refractivity contribution in [2.45, 2.75) is 114 Å². The molecule has 4 saturated carbocycles. The summed E-state index contributed by atoms with van der Waals surface area (Å²) >= 11 is 0. The van der Waals surface area contributed by atoms with Gasteiger partial charge in [-0.05, 0) is 92.4 Å². The zero-order valence-corrected chi connectivity index (χ0v) is 25.6. The van der Waals surface area contributed by atoms with Gasteiger partial charge >= 0.3 is 5.97 Å². The van der Waals surface area contributed by atoms with E-state index >= 15 is 0 Å². The van der Waals surface area contributed by atoms with Crippen LogP contribution in [-0.2, 0) is 29.0 Å². The number of nitrogens with one attached hydrogen (secondary N) is 1. The summed E-state index contributed by atoms with van der Waals surface area (Å²) in [5.41, 5.74) is -0.0563. The van der Waals surface area contributed by atoms with Gasteiger partial charge in [0.1, 0.15) is 31.0 Å². The van der Waals surface area contributed by atoms with Gasteiger partial charge in [0.05, 0.1) is 11.4 Å². The third kappa shape index (κ3) is 4.79. The van der Waals surface area contributed by atoms with E-state index in [9.17, 15) is 33.6 Å². The Morgan fingerprint density at radius 3 is 2.45 bits per heavy atom. The number of hydrogen-bond donors (Lipinski definition) is 5. The first-order chi connectivity index (χ1) is 19.7. The summed E-state index contributed by atoms with van der Waals surface area (Å²) in [5, 5.41) is 42.9. The van der Waals surface area contributed by atoms with Gasteiger partial charge in [0.15, 0.2) is 6.29 Å². The number of carbonyl (C=O) groups excluding carboxylic acids is 1. The molecule has 11 nitrogen and oxygen atoms in total. The SMILES string of the molecule is CO[C@@H]1O[C@H](CS(=O)(=O)N[C@H]2CC[C@@]3(C)[C@H](CC[C@@H]4[C@H]3CC[C@]3(C)[C@@H](C5=CC(=O)OC5)CC[C@]43O)C2)[C@H](O)[C@@H](O)[C@@H]1O. The van der Waals surface area contributed by atoms with Gasteiger partial charge in [0.2, 0.25) is 10.0 Å². The summed E-state index contributed by atoms with van der Waals surface area (Å²) in [6.45, 7) is 4.89. The lowest BCUT2D eigenvalue weighted by Gasteiger charge is -2.63. The zero-order valence-electron chi connectivity index (χ0n) is 24.8. The fourth-order valence-corrected chi connectivity index (χ4v) is 11.8. The summed E-state index contributed by atoms with van der Waals surface area (Å²) < 4.78 is 44.9. The molecule has 6 aliphatic rings. The number of hydrogen-bond acceptors (Lipinski definition) is 10. The highest BCUT2D eigenvalue weighted by Crippen LogP contribution is 2.69. The molecule has 0 aromatic heterocycles. The van der Waals surface area contributed by atoms with Crippen molar-refractivity contribution in [2.24, 2.45) is 34.5 Å².